The Morgan fingerprint density at radius 1 is 0.704 bits per heavy atom. The van der Waals surface area contributed by atoms with Crippen molar-refractivity contribution < 1.29 is 33.6 Å². The van der Waals surface area contributed by atoms with E-state index >= 15 is 0 Å². The van der Waals surface area contributed by atoms with Crippen LogP contribution in [0.3, 0.4) is 0 Å². The van der Waals surface area contributed by atoms with Crippen molar-refractivity contribution in [2.75, 3.05) is 64.7 Å². The van der Waals surface area contributed by atoms with Gasteiger partial charge < -0.3 is 44.7 Å². The molecule has 2 rings (SSSR count). The number of ether oxygens (including phenoxy) is 5. The number of carbonyl (C=O) groups excluding carboxylic acids is 1. The van der Waals surface area contributed by atoms with Gasteiger partial charge in [-0.3, -0.25) is 4.79 Å². The van der Waals surface area contributed by atoms with Crippen LogP contribution in [0.2, 0.25) is 0 Å². The second kappa shape index (κ2) is 32.7. The van der Waals surface area contributed by atoms with E-state index in [0.717, 1.165) is 166 Å². The zero-order valence-corrected chi connectivity index (χ0v) is 34.2. The van der Waals surface area contributed by atoms with Gasteiger partial charge in [0.2, 0.25) is 5.91 Å². The molecule has 0 bridgehead atoms. The monoisotopic (exact) mass is 760 g/mol. The molecule has 10 heteroatoms. The van der Waals surface area contributed by atoms with Crippen LogP contribution in [0.1, 0.15) is 135 Å². The average molecular weight is 760 g/mol. The summed E-state index contributed by atoms with van der Waals surface area (Å²) in [5.74, 6) is 0.132. The van der Waals surface area contributed by atoms with E-state index in [1.807, 2.05) is 6.92 Å². The number of rotatable bonds is 36. The predicted octanol–water partition coefficient (Wildman–Crippen LogP) is 8.59. The summed E-state index contributed by atoms with van der Waals surface area (Å²) in [4.78, 5) is 11.2. The van der Waals surface area contributed by atoms with Crippen molar-refractivity contribution in [1.82, 2.24) is 10.6 Å². The molecule has 0 aliphatic carbocycles. The largest absolute Gasteiger partial charge is 0.393 e. The maximum atomic E-state index is 11.2. The van der Waals surface area contributed by atoms with Crippen LogP contribution in [-0.4, -0.2) is 88.8 Å². The summed E-state index contributed by atoms with van der Waals surface area (Å²) in [5, 5.41) is 19.8. The third kappa shape index (κ3) is 26.4. The zero-order chi connectivity index (χ0) is 38.9. The van der Waals surface area contributed by atoms with E-state index in [1.54, 1.807) is 0 Å². The lowest BCUT2D eigenvalue weighted by Gasteiger charge is -2.32. The standard InChI is InChI=1S/C44H77N3O7/c1-5-42-35-41(48)36-44(54-42)53-34-25-39-20-22-40(23-21-39)47-38(4)19-11-7-12-26-45-37(3)24-33-52-32-18-10-17-31-51-30-16-9-15-29-50-28-14-8-13-27-46-43(49)6-2/h20-23,41-42,44-45,47-48H,3-19,24-36H2,1-2H3,(H,46,49). The number of hydrogen-bond donors (Lipinski definition) is 4. The van der Waals surface area contributed by atoms with Crippen LogP contribution < -0.4 is 16.0 Å². The first kappa shape index (κ1) is 47.7. The highest BCUT2D eigenvalue weighted by molar-refractivity contribution is 5.75. The Bertz CT molecular complexity index is 1090. The number of unbranched alkanes of at least 4 members (excludes halogenated alkanes) is 8. The smallest absolute Gasteiger partial charge is 0.219 e. The third-order valence-electron chi connectivity index (χ3n) is 9.61. The molecule has 1 heterocycles. The minimum atomic E-state index is -0.335. The molecule has 1 aliphatic rings. The maximum absolute atomic E-state index is 11.2. The Morgan fingerprint density at radius 2 is 1.28 bits per heavy atom. The summed E-state index contributed by atoms with van der Waals surface area (Å²) >= 11 is 0. The number of amides is 1. The number of aliphatic hydroxyl groups is 1. The highest BCUT2D eigenvalue weighted by Gasteiger charge is 2.27. The van der Waals surface area contributed by atoms with Gasteiger partial charge in [0, 0.05) is 82.5 Å². The van der Waals surface area contributed by atoms with Crippen molar-refractivity contribution in [2.45, 2.75) is 154 Å². The molecule has 3 atom stereocenters. The first-order chi connectivity index (χ1) is 26.4. The van der Waals surface area contributed by atoms with Crippen molar-refractivity contribution in [3.05, 3.63) is 54.4 Å². The van der Waals surface area contributed by atoms with Crippen LogP contribution >= 0.6 is 0 Å². The van der Waals surface area contributed by atoms with Crippen LogP contribution in [-0.2, 0) is 34.9 Å². The molecule has 0 aromatic heterocycles. The van der Waals surface area contributed by atoms with E-state index in [2.05, 4.69) is 60.3 Å². The Hall–Kier alpha value is -2.47. The molecule has 10 nitrogen and oxygen atoms in total. The summed E-state index contributed by atoms with van der Waals surface area (Å²) in [6, 6.07) is 8.43. The molecule has 310 valence electrons. The molecule has 1 aromatic rings. The van der Waals surface area contributed by atoms with Crippen molar-refractivity contribution in [2.24, 2.45) is 0 Å². The van der Waals surface area contributed by atoms with Crippen LogP contribution in [0.5, 0.6) is 0 Å². The zero-order valence-electron chi connectivity index (χ0n) is 34.2. The molecule has 4 N–H and O–H groups in total. The lowest BCUT2D eigenvalue weighted by molar-refractivity contribution is -0.214. The van der Waals surface area contributed by atoms with E-state index in [1.165, 1.54) is 5.56 Å². The van der Waals surface area contributed by atoms with E-state index in [9.17, 15) is 9.90 Å². The second-order valence-corrected chi connectivity index (χ2v) is 14.6. The summed E-state index contributed by atoms with van der Waals surface area (Å²) in [7, 11) is 0. The quantitative estimate of drug-likeness (QED) is 0.0499. The van der Waals surface area contributed by atoms with Gasteiger partial charge in [-0.1, -0.05) is 45.6 Å². The predicted molar refractivity (Wildman–Crippen MR) is 221 cm³/mol. The maximum Gasteiger partial charge on any atom is 0.219 e. The lowest BCUT2D eigenvalue weighted by Crippen LogP contribution is -2.37. The molecule has 1 aliphatic heterocycles. The first-order valence-corrected chi connectivity index (χ1v) is 21.3. The molecular weight excluding hydrogens is 682 g/mol. The lowest BCUT2D eigenvalue weighted by atomic mass is 10.0. The van der Waals surface area contributed by atoms with Gasteiger partial charge in [0.1, 0.15) is 0 Å². The van der Waals surface area contributed by atoms with Gasteiger partial charge in [-0.15, -0.1) is 0 Å². The highest BCUT2D eigenvalue weighted by Crippen LogP contribution is 2.23. The Balaban J connectivity index is 1.29. The van der Waals surface area contributed by atoms with E-state index in [4.69, 9.17) is 23.7 Å². The second-order valence-electron chi connectivity index (χ2n) is 14.6. The van der Waals surface area contributed by atoms with Crippen LogP contribution in [0, 0.1) is 0 Å². The van der Waals surface area contributed by atoms with E-state index in [0.29, 0.717) is 32.5 Å². The molecular formula is C44H77N3O7. The summed E-state index contributed by atoms with van der Waals surface area (Å²) in [6.07, 6.45) is 17.9. The van der Waals surface area contributed by atoms with Gasteiger partial charge in [-0.25, -0.2) is 0 Å². The fourth-order valence-corrected chi connectivity index (χ4v) is 6.17. The molecule has 3 unspecified atom stereocenters. The Morgan fingerprint density at radius 3 is 1.89 bits per heavy atom. The Kier molecular flexibility index (Phi) is 28.9. The molecule has 1 saturated heterocycles. The number of carbonyl (C=O) groups is 1. The van der Waals surface area contributed by atoms with Crippen molar-refractivity contribution in [3.8, 4) is 0 Å². The number of anilines is 1. The van der Waals surface area contributed by atoms with E-state index < -0.39 is 0 Å². The third-order valence-corrected chi connectivity index (χ3v) is 9.61. The van der Waals surface area contributed by atoms with Crippen molar-refractivity contribution in [1.29, 1.82) is 0 Å². The number of allylic oxidation sites excluding steroid dienone is 1. The Labute approximate surface area is 328 Å². The van der Waals surface area contributed by atoms with Crippen molar-refractivity contribution in [3.63, 3.8) is 0 Å². The number of hydrogen-bond acceptors (Lipinski definition) is 9. The molecule has 1 fully saturated rings. The summed E-state index contributed by atoms with van der Waals surface area (Å²) in [6.45, 7) is 19.4. The fourth-order valence-electron chi connectivity index (χ4n) is 6.17. The SMILES string of the molecule is C=C(CCOCCCCCOCCCCCOCCCCCNC(=O)CC)NCCCCCC(=C)Nc1ccc(CCOC2CC(O)CC(CC)O2)cc1. The number of nitrogens with one attached hydrogen (secondary N) is 3. The first-order valence-electron chi connectivity index (χ1n) is 21.3. The minimum absolute atomic E-state index is 0.0864. The number of benzene rings is 1. The topological polar surface area (TPSA) is 120 Å². The average Bonchev–Trinajstić information content (AvgIpc) is 3.17. The molecule has 1 aromatic carbocycles. The van der Waals surface area contributed by atoms with Gasteiger partial charge in [-0.2, -0.15) is 0 Å². The molecule has 1 amide bonds. The minimum Gasteiger partial charge on any atom is -0.393 e. The summed E-state index contributed by atoms with van der Waals surface area (Å²) < 4.78 is 29.1. The van der Waals surface area contributed by atoms with Gasteiger partial charge in [0.25, 0.3) is 0 Å². The molecule has 0 radical (unpaired) electrons. The van der Waals surface area contributed by atoms with Gasteiger partial charge in [0.05, 0.1) is 25.4 Å². The van der Waals surface area contributed by atoms with E-state index in [-0.39, 0.29) is 24.4 Å². The molecule has 0 spiro atoms. The van der Waals surface area contributed by atoms with Gasteiger partial charge in [-0.05, 0) is 114 Å². The normalized spacial score (nSPS) is 17.0. The van der Waals surface area contributed by atoms with Crippen molar-refractivity contribution >= 4 is 11.6 Å². The van der Waals surface area contributed by atoms with Crippen LogP contribution in [0.4, 0.5) is 5.69 Å². The highest BCUT2D eigenvalue weighted by atomic mass is 16.7. The fraction of sp³-hybridized carbons (Fsp3) is 0.750. The van der Waals surface area contributed by atoms with Gasteiger partial charge in [0.15, 0.2) is 6.29 Å². The molecule has 0 saturated carbocycles. The molecule has 54 heavy (non-hydrogen) atoms. The van der Waals surface area contributed by atoms with Crippen LogP contribution in [0.25, 0.3) is 0 Å². The van der Waals surface area contributed by atoms with Gasteiger partial charge >= 0.3 is 0 Å². The number of aliphatic hydroxyl groups excluding tert-OH is 1. The van der Waals surface area contributed by atoms with Crippen LogP contribution in [0.15, 0.2) is 48.8 Å². The summed E-state index contributed by atoms with van der Waals surface area (Å²) in [5.41, 5.74) is 4.35.